The van der Waals surface area contributed by atoms with E-state index in [1.807, 2.05) is 13.0 Å². The van der Waals surface area contributed by atoms with Crippen molar-refractivity contribution >= 4 is 11.8 Å². The van der Waals surface area contributed by atoms with Crippen molar-refractivity contribution in [1.82, 2.24) is 0 Å². The molecule has 1 unspecified atom stereocenters. The molecule has 0 spiro atoms. The third-order valence-corrected chi connectivity index (χ3v) is 2.37. The van der Waals surface area contributed by atoms with Gasteiger partial charge in [0, 0.05) is 12.8 Å². The molecule has 0 N–H and O–H groups in total. The van der Waals surface area contributed by atoms with Gasteiger partial charge in [-0.15, -0.1) is 0 Å². The van der Waals surface area contributed by atoms with Gasteiger partial charge in [-0.2, -0.15) is 0 Å². The maximum atomic E-state index is 11.8. The van der Waals surface area contributed by atoms with Crippen LogP contribution in [0.1, 0.15) is 33.6 Å². The average molecular weight is 208 g/mol. The second-order valence-electron chi connectivity index (χ2n) is 3.68. The van der Waals surface area contributed by atoms with Crippen LogP contribution in [0.5, 0.6) is 0 Å². The van der Waals surface area contributed by atoms with Gasteiger partial charge in [0.05, 0.1) is 5.57 Å². The third kappa shape index (κ3) is 2.78. The molecule has 0 fully saturated rings. The van der Waals surface area contributed by atoms with Crippen molar-refractivity contribution in [2.24, 2.45) is 5.92 Å². The van der Waals surface area contributed by atoms with Crippen molar-refractivity contribution < 1.29 is 14.3 Å². The van der Waals surface area contributed by atoms with E-state index in [0.717, 1.165) is 12.8 Å². The van der Waals surface area contributed by atoms with Crippen LogP contribution >= 0.6 is 0 Å². The Morgan fingerprint density at radius 1 is 1.47 bits per heavy atom. The molecule has 1 aliphatic rings. The normalized spacial score (nSPS) is 23.1. The topological polar surface area (TPSA) is 43.4 Å². The molecule has 0 saturated carbocycles. The fraction of sp³-hybridized carbons (Fsp3) is 0.500. The number of esters is 1. The summed E-state index contributed by atoms with van der Waals surface area (Å²) in [5, 5.41) is 0. The molecular formula is C12H16O3. The number of carbonyl (C=O) groups is 2. The summed E-state index contributed by atoms with van der Waals surface area (Å²) in [6.45, 7) is 5.02. The first-order valence-corrected chi connectivity index (χ1v) is 5.18. The smallest absolute Gasteiger partial charge is 0.307 e. The van der Waals surface area contributed by atoms with Crippen LogP contribution in [0.3, 0.4) is 0 Å². The van der Waals surface area contributed by atoms with Gasteiger partial charge >= 0.3 is 5.97 Å². The fourth-order valence-electron chi connectivity index (χ4n) is 1.68. The zero-order chi connectivity index (χ0) is 11.4. The van der Waals surface area contributed by atoms with Gasteiger partial charge in [0.15, 0.2) is 5.78 Å². The maximum absolute atomic E-state index is 11.8. The number of carbonyl (C=O) groups excluding carboxylic acids is 2. The van der Waals surface area contributed by atoms with E-state index in [2.05, 4.69) is 0 Å². The van der Waals surface area contributed by atoms with E-state index in [9.17, 15) is 9.59 Å². The lowest BCUT2D eigenvalue weighted by Gasteiger charge is -2.06. The minimum Gasteiger partial charge on any atom is -0.431 e. The van der Waals surface area contributed by atoms with Crippen molar-refractivity contribution in [3.63, 3.8) is 0 Å². The predicted octanol–water partition coefficient (Wildman–Crippen LogP) is 2.38. The highest BCUT2D eigenvalue weighted by Gasteiger charge is 2.25. The molecular weight excluding hydrogens is 192 g/mol. The van der Waals surface area contributed by atoms with Gasteiger partial charge in [-0.05, 0) is 13.3 Å². The Morgan fingerprint density at radius 2 is 2.13 bits per heavy atom. The van der Waals surface area contributed by atoms with Crippen molar-refractivity contribution in [1.29, 1.82) is 0 Å². The Balaban J connectivity index is 2.79. The first-order valence-electron chi connectivity index (χ1n) is 5.18. The van der Waals surface area contributed by atoms with E-state index in [4.69, 9.17) is 4.74 Å². The fourth-order valence-corrected chi connectivity index (χ4v) is 1.68. The summed E-state index contributed by atoms with van der Waals surface area (Å²) in [6.07, 6.45) is 5.46. The summed E-state index contributed by atoms with van der Waals surface area (Å²) in [4.78, 5) is 22.5. The zero-order valence-electron chi connectivity index (χ0n) is 9.37. The number of ether oxygens (including phenoxy) is 1. The lowest BCUT2D eigenvalue weighted by atomic mass is 10.0. The second-order valence-corrected chi connectivity index (χ2v) is 3.68. The summed E-state index contributed by atoms with van der Waals surface area (Å²) < 4.78 is 4.90. The van der Waals surface area contributed by atoms with Crippen LogP contribution in [0.4, 0.5) is 0 Å². The van der Waals surface area contributed by atoms with Crippen molar-refractivity contribution in [3.05, 3.63) is 23.5 Å². The number of Topliss-reactive ketones (excluding diaryl/α,β-unsaturated/α-hetero) is 1. The SMILES string of the molecule is CCCC1C=C/C(=C(\C)OC(C)=O)C1=O. The van der Waals surface area contributed by atoms with Gasteiger partial charge in [0.25, 0.3) is 0 Å². The van der Waals surface area contributed by atoms with E-state index >= 15 is 0 Å². The van der Waals surface area contributed by atoms with Gasteiger partial charge < -0.3 is 4.74 Å². The van der Waals surface area contributed by atoms with E-state index in [-0.39, 0.29) is 17.7 Å². The average Bonchev–Trinajstić information content (AvgIpc) is 2.48. The number of ketones is 1. The molecule has 3 heteroatoms. The lowest BCUT2D eigenvalue weighted by Crippen LogP contribution is -2.10. The third-order valence-electron chi connectivity index (χ3n) is 2.37. The monoisotopic (exact) mass is 208 g/mol. The molecule has 0 aliphatic heterocycles. The Hall–Kier alpha value is -1.38. The Labute approximate surface area is 89.8 Å². The summed E-state index contributed by atoms with van der Waals surface area (Å²) in [5.41, 5.74) is 0.531. The van der Waals surface area contributed by atoms with Crippen molar-refractivity contribution in [3.8, 4) is 0 Å². The molecule has 1 rings (SSSR count). The van der Waals surface area contributed by atoms with Crippen LogP contribution in [-0.4, -0.2) is 11.8 Å². The summed E-state index contributed by atoms with van der Waals surface area (Å²) in [7, 11) is 0. The Morgan fingerprint density at radius 3 is 2.67 bits per heavy atom. The predicted molar refractivity (Wildman–Crippen MR) is 57.0 cm³/mol. The van der Waals surface area contributed by atoms with Gasteiger partial charge in [-0.25, -0.2) is 0 Å². The zero-order valence-corrected chi connectivity index (χ0v) is 9.37. The number of allylic oxidation sites excluding steroid dienone is 4. The minimum atomic E-state index is -0.389. The van der Waals surface area contributed by atoms with Gasteiger partial charge in [-0.3, -0.25) is 9.59 Å². The largest absolute Gasteiger partial charge is 0.431 e. The van der Waals surface area contributed by atoms with Crippen LogP contribution < -0.4 is 0 Å². The summed E-state index contributed by atoms with van der Waals surface area (Å²) >= 11 is 0. The first kappa shape index (κ1) is 11.7. The molecule has 15 heavy (non-hydrogen) atoms. The highest BCUT2D eigenvalue weighted by atomic mass is 16.5. The highest BCUT2D eigenvalue weighted by Crippen LogP contribution is 2.25. The van der Waals surface area contributed by atoms with E-state index in [1.54, 1.807) is 13.0 Å². The Kier molecular flexibility index (Phi) is 3.83. The lowest BCUT2D eigenvalue weighted by molar-refractivity contribution is -0.136. The van der Waals surface area contributed by atoms with Crippen LogP contribution in [-0.2, 0) is 14.3 Å². The highest BCUT2D eigenvalue weighted by molar-refractivity contribution is 6.04. The standard InChI is InChI=1S/C12H16O3/c1-4-5-10-6-7-11(12(10)14)8(2)15-9(3)13/h6-7,10H,4-5H2,1-3H3/b11-8-. The molecule has 3 nitrogen and oxygen atoms in total. The number of rotatable bonds is 3. The van der Waals surface area contributed by atoms with Gasteiger partial charge in [0.1, 0.15) is 5.76 Å². The molecule has 0 aromatic heterocycles. The minimum absolute atomic E-state index is 0.0319. The van der Waals surface area contributed by atoms with Crippen LogP contribution in [0.25, 0.3) is 0 Å². The van der Waals surface area contributed by atoms with Crippen molar-refractivity contribution in [2.45, 2.75) is 33.6 Å². The molecule has 1 aliphatic carbocycles. The molecule has 0 radical (unpaired) electrons. The molecule has 0 saturated heterocycles. The molecule has 0 heterocycles. The molecule has 0 aromatic carbocycles. The molecule has 1 atom stereocenters. The van der Waals surface area contributed by atoms with Gasteiger partial charge in [0.2, 0.25) is 0 Å². The van der Waals surface area contributed by atoms with E-state index in [0.29, 0.717) is 11.3 Å². The molecule has 0 bridgehead atoms. The number of hydrogen-bond donors (Lipinski definition) is 0. The quantitative estimate of drug-likeness (QED) is 0.406. The van der Waals surface area contributed by atoms with Crippen LogP contribution in [0, 0.1) is 5.92 Å². The van der Waals surface area contributed by atoms with Gasteiger partial charge in [-0.1, -0.05) is 25.5 Å². The maximum Gasteiger partial charge on any atom is 0.307 e. The van der Waals surface area contributed by atoms with Crippen LogP contribution in [0.2, 0.25) is 0 Å². The molecule has 0 aromatic rings. The molecule has 82 valence electrons. The second kappa shape index (κ2) is 4.91. The number of hydrogen-bond acceptors (Lipinski definition) is 3. The van der Waals surface area contributed by atoms with E-state index in [1.165, 1.54) is 6.92 Å². The first-order chi connectivity index (χ1) is 7.06. The van der Waals surface area contributed by atoms with E-state index < -0.39 is 0 Å². The molecule has 0 amide bonds. The van der Waals surface area contributed by atoms with Crippen LogP contribution in [0.15, 0.2) is 23.5 Å². The summed E-state index contributed by atoms with van der Waals surface area (Å²) in [5.74, 6) is 0.0496. The Bertz CT molecular complexity index is 337. The van der Waals surface area contributed by atoms with Crippen molar-refractivity contribution in [2.75, 3.05) is 0 Å². The summed E-state index contributed by atoms with van der Waals surface area (Å²) in [6, 6.07) is 0.